The molecule has 0 aromatic carbocycles. The summed E-state index contributed by atoms with van der Waals surface area (Å²) in [6.45, 7) is 9.95. The smallest absolute Gasteiger partial charge is 0.410 e. The van der Waals surface area contributed by atoms with Crippen molar-refractivity contribution in [2.24, 2.45) is 17.8 Å². The highest BCUT2D eigenvalue weighted by Crippen LogP contribution is 2.52. The molecule has 0 aromatic rings. The van der Waals surface area contributed by atoms with E-state index in [1.165, 1.54) is 0 Å². The Morgan fingerprint density at radius 1 is 1.14 bits per heavy atom. The van der Waals surface area contributed by atoms with Crippen molar-refractivity contribution in [2.75, 3.05) is 13.1 Å². The van der Waals surface area contributed by atoms with E-state index in [1.807, 2.05) is 20.8 Å². The summed E-state index contributed by atoms with van der Waals surface area (Å²) < 4.78 is 5.32. The van der Waals surface area contributed by atoms with Gasteiger partial charge in [0, 0.05) is 19.0 Å². The number of carbonyl (C=O) groups is 3. The quantitative estimate of drug-likeness (QED) is 0.794. The molecule has 0 unspecified atom stereocenters. The molecule has 1 N–H and O–H groups in total. The molecule has 1 saturated heterocycles. The van der Waals surface area contributed by atoms with Crippen molar-refractivity contribution in [2.45, 2.75) is 45.8 Å². The van der Waals surface area contributed by atoms with Gasteiger partial charge >= 0.3 is 6.09 Å². The van der Waals surface area contributed by atoms with Gasteiger partial charge < -0.3 is 19.7 Å². The van der Waals surface area contributed by atoms with Gasteiger partial charge in [0.15, 0.2) is 0 Å². The summed E-state index contributed by atoms with van der Waals surface area (Å²) in [5.74, 6) is 0.216. The summed E-state index contributed by atoms with van der Waals surface area (Å²) >= 11 is 0. The molecule has 21 heavy (non-hydrogen) atoms. The van der Waals surface area contributed by atoms with Crippen molar-refractivity contribution in [3.05, 3.63) is 0 Å². The monoisotopic (exact) mass is 296 g/mol. The van der Waals surface area contributed by atoms with Gasteiger partial charge in [0.05, 0.1) is 5.54 Å². The average Bonchev–Trinajstić information content (AvgIpc) is 2.82. The van der Waals surface area contributed by atoms with E-state index in [0.717, 1.165) is 6.29 Å². The van der Waals surface area contributed by atoms with Gasteiger partial charge in [-0.1, -0.05) is 0 Å². The molecule has 2 amide bonds. The number of aldehydes is 1. The number of nitrogens with one attached hydrogen (secondary N) is 1. The molecule has 1 saturated carbocycles. The number of carbonyl (C=O) groups excluding carboxylic acids is 3. The minimum absolute atomic E-state index is 0.0806. The Balaban J connectivity index is 1.83. The Morgan fingerprint density at radius 2 is 1.67 bits per heavy atom. The van der Waals surface area contributed by atoms with E-state index in [2.05, 4.69) is 5.32 Å². The second-order valence-electron chi connectivity index (χ2n) is 7.57. The molecular formula is C15H24N2O4. The molecule has 2 rings (SSSR count). The van der Waals surface area contributed by atoms with E-state index < -0.39 is 11.1 Å². The van der Waals surface area contributed by atoms with E-state index in [1.54, 1.807) is 18.7 Å². The molecule has 0 spiro atoms. The van der Waals surface area contributed by atoms with Crippen LogP contribution in [-0.4, -0.2) is 47.4 Å². The number of likely N-dealkylation sites (tertiary alicyclic amines) is 1. The topological polar surface area (TPSA) is 75.7 Å². The van der Waals surface area contributed by atoms with Crippen LogP contribution < -0.4 is 5.32 Å². The lowest BCUT2D eigenvalue weighted by atomic mass is 10.1. The van der Waals surface area contributed by atoms with Crippen molar-refractivity contribution in [3.8, 4) is 0 Å². The van der Waals surface area contributed by atoms with Gasteiger partial charge in [-0.2, -0.15) is 0 Å². The fourth-order valence-corrected chi connectivity index (χ4v) is 2.82. The fraction of sp³-hybridized carbons (Fsp3) is 0.800. The molecule has 0 aromatic heterocycles. The van der Waals surface area contributed by atoms with Crippen molar-refractivity contribution in [1.29, 1.82) is 0 Å². The molecule has 6 nitrogen and oxygen atoms in total. The Kier molecular flexibility index (Phi) is 3.76. The van der Waals surface area contributed by atoms with Gasteiger partial charge in [0.1, 0.15) is 11.9 Å². The first-order valence-electron chi connectivity index (χ1n) is 7.30. The summed E-state index contributed by atoms with van der Waals surface area (Å²) in [4.78, 5) is 36.5. The first-order valence-corrected chi connectivity index (χ1v) is 7.30. The molecule has 1 aliphatic heterocycles. The maximum atomic E-state index is 12.1. The fourth-order valence-electron chi connectivity index (χ4n) is 2.82. The van der Waals surface area contributed by atoms with Crippen molar-refractivity contribution < 1.29 is 19.1 Å². The van der Waals surface area contributed by atoms with Crippen LogP contribution in [-0.2, 0) is 14.3 Å². The lowest BCUT2D eigenvalue weighted by molar-refractivity contribution is -0.127. The molecule has 1 aliphatic carbocycles. The molecule has 118 valence electrons. The summed E-state index contributed by atoms with van der Waals surface area (Å²) in [5, 5.41) is 2.74. The third-order valence-corrected chi connectivity index (χ3v) is 3.89. The van der Waals surface area contributed by atoms with Crippen molar-refractivity contribution in [3.63, 3.8) is 0 Å². The van der Waals surface area contributed by atoms with Crippen LogP contribution >= 0.6 is 0 Å². The van der Waals surface area contributed by atoms with Crippen LogP contribution in [0.1, 0.15) is 34.6 Å². The Hall–Kier alpha value is -1.59. The van der Waals surface area contributed by atoms with Crippen LogP contribution in [0.4, 0.5) is 4.79 Å². The van der Waals surface area contributed by atoms with Crippen molar-refractivity contribution in [1.82, 2.24) is 10.2 Å². The van der Waals surface area contributed by atoms with Crippen LogP contribution in [0.15, 0.2) is 0 Å². The minimum Gasteiger partial charge on any atom is -0.444 e. The molecule has 6 heteroatoms. The molecule has 0 bridgehead atoms. The Bertz CT molecular complexity index is 455. The molecule has 2 aliphatic rings. The number of fused-ring (bicyclic) bond motifs is 1. The van der Waals surface area contributed by atoms with E-state index in [4.69, 9.17) is 4.74 Å². The summed E-state index contributed by atoms with van der Waals surface area (Å²) in [6.07, 6.45) is 0.415. The average molecular weight is 296 g/mol. The third-order valence-electron chi connectivity index (χ3n) is 3.89. The molecule has 2 fully saturated rings. The normalized spacial score (nSPS) is 27.9. The number of piperidine rings is 1. The van der Waals surface area contributed by atoms with E-state index in [9.17, 15) is 14.4 Å². The first kappa shape index (κ1) is 15.8. The number of nitrogens with zero attached hydrogens (tertiary/aromatic N) is 1. The third kappa shape index (κ3) is 3.54. The van der Waals surface area contributed by atoms with Gasteiger partial charge in [-0.15, -0.1) is 0 Å². The first-order chi connectivity index (χ1) is 9.54. The van der Waals surface area contributed by atoms with E-state index in [-0.39, 0.29) is 29.8 Å². The van der Waals surface area contributed by atoms with Crippen LogP contribution in [0.3, 0.4) is 0 Å². The van der Waals surface area contributed by atoms with Gasteiger partial charge in [-0.05, 0) is 46.5 Å². The molecular weight excluding hydrogens is 272 g/mol. The van der Waals surface area contributed by atoms with Crippen molar-refractivity contribution >= 4 is 18.3 Å². The number of amides is 2. The predicted molar refractivity (Wildman–Crippen MR) is 76.6 cm³/mol. The van der Waals surface area contributed by atoms with Crippen LogP contribution in [0.25, 0.3) is 0 Å². The maximum Gasteiger partial charge on any atom is 0.410 e. The summed E-state index contributed by atoms with van der Waals surface area (Å²) in [7, 11) is 0. The SMILES string of the molecule is CC(C)(C=O)NC(=O)[C@H]1[C@@H]2CN(C(=O)OC(C)(C)C)C[C@@H]21. The standard InChI is InChI=1S/C15H24N2O4/c1-14(2,3)21-13(20)17-6-9-10(7-17)11(9)12(19)16-15(4,5)8-18/h8-11H,6-7H2,1-5H3,(H,16,19)/t9-,10+,11+. The highest BCUT2D eigenvalue weighted by molar-refractivity contribution is 5.86. The zero-order chi connectivity index (χ0) is 16.0. The van der Waals surface area contributed by atoms with Crippen LogP contribution in [0.5, 0.6) is 0 Å². The van der Waals surface area contributed by atoms with E-state index in [0.29, 0.717) is 13.1 Å². The number of hydrogen-bond donors (Lipinski definition) is 1. The predicted octanol–water partition coefficient (Wildman–Crippen LogP) is 1.19. The van der Waals surface area contributed by atoms with Gasteiger partial charge in [0.25, 0.3) is 0 Å². The summed E-state index contributed by atoms with van der Waals surface area (Å²) in [6, 6.07) is 0. The molecule has 1 heterocycles. The number of ether oxygens (including phenoxy) is 1. The zero-order valence-electron chi connectivity index (χ0n) is 13.3. The van der Waals surface area contributed by atoms with Gasteiger partial charge in [-0.25, -0.2) is 4.79 Å². The molecule has 3 atom stereocenters. The largest absolute Gasteiger partial charge is 0.444 e. The Morgan fingerprint density at radius 3 is 2.10 bits per heavy atom. The van der Waals surface area contributed by atoms with E-state index >= 15 is 0 Å². The second kappa shape index (κ2) is 5.00. The summed E-state index contributed by atoms with van der Waals surface area (Å²) in [5.41, 5.74) is -1.34. The van der Waals surface area contributed by atoms with Crippen LogP contribution in [0, 0.1) is 17.8 Å². The lowest BCUT2D eigenvalue weighted by Crippen LogP contribution is -2.47. The highest BCUT2D eigenvalue weighted by atomic mass is 16.6. The zero-order valence-corrected chi connectivity index (χ0v) is 13.3. The lowest BCUT2D eigenvalue weighted by Gasteiger charge is -2.26. The van der Waals surface area contributed by atoms with Crippen LogP contribution in [0.2, 0.25) is 0 Å². The number of hydrogen-bond acceptors (Lipinski definition) is 4. The number of rotatable bonds is 3. The van der Waals surface area contributed by atoms with Gasteiger partial charge in [0.2, 0.25) is 5.91 Å². The van der Waals surface area contributed by atoms with Gasteiger partial charge in [-0.3, -0.25) is 4.79 Å². The second-order valence-corrected chi connectivity index (χ2v) is 7.57. The molecule has 0 radical (unpaired) electrons. The Labute approximate surface area is 125 Å². The maximum absolute atomic E-state index is 12.1. The minimum atomic E-state index is -0.835. The highest BCUT2D eigenvalue weighted by Gasteiger charge is 2.60.